The smallest absolute Gasteiger partial charge is 0.282 e. The van der Waals surface area contributed by atoms with Gasteiger partial charge in [-0.25, -0.2) is 17.6 Å². The predicted octanol–water partition coefficient (Wildman–Crippen LogP) is 3.38. The van der Waals surface area contributed by atoms with Gasteiger partial charge in [0, 0.05) is 19.3 Å². The highest BCUT2D eigenvalue weighted by Crippen LogP contribution is 2.27. The monoisotopic (exact) mass is 381 g/mol. The molecule has 0 saturated heterocycles. The number of aryl methyl sites for hydroxylation is 1. The minimum absolute atomic E-state index is 0.258. The van der Waals surface area contributed by atoms with E-state index in [1.807, 2.05) is 0 Å². The van der Waals surface area contributed by atoms with Crippen LogP contribution in [-0.4, -0.2) is 32.0 Å². The molecular weight excluding hydrogens is 366 g/mol. The number of aromatic nitrogens is 4. The predicted molar refractivity (Wildman–Crippen MR) is 81.7 cm³/mol. The van der Waals surface area contributed by atoms with Gasteiger partial charge in [0.25, 0.3) is 12.9 Å². The van der Waals surface area contributed by atoms with E-state index in [2.05, 4.69) is 15.5 Å². The van der Waals surface area contributed by atoms with Crippen molar-refractivity contribution in [1.29, 1.82) is 0 Å². The number of carbonyl (C=O) groups excluding carboxylic acids is 1. The molecule has 1 unspecified atom stereocenters. The Labute approximate surface area is 145 Å². The molecule has 1 atom stereocenters. The van der Waals surface area contributed by atoms with E-state index in [4.69, 9.17) is 11.6 Å². The summed E-state index contributed by atoms with van der Waals surface area (Å²) in [6.45, 7) is 2.07. The Morgan fingerprint density at radius 1 is 1.32 bits per heavy atom. The van der Waals surface area contributed by atoms with Gasteiger partial charge in [-0.05, 0) is 19.4 Å². The van der Waals surface area contributed by atoms with Crippen LogP contribution in [-0.2, 0) is 11.3 Å². The lowest BCUT2D eigenvalue weighted by Gasteiger charge is -2.15. The second kappa shape index (κ2) is 8.32. The summed E-state index contributed by atoms with van der Waals surface area (Å²) in [5.74, 6) is -0.593. The highest BCUT2D eigenvalue weighted by molar-refractivity contribution is 6.30. The summed E-state index contributed by atoms with van der Waals surface area (Å²) >= 11 is 5.72. The first-order valence-electron chi connectivity index (χ1n) is 7.41. The molecule has 0 aliphatic carbocycles. The van der Waals surface area contributed by atoms with Crippen molar-refractivity contribution >= 4 is 17.5 Å². The van der Waals surface area contributed by atoms with Crippen LogP contribution in [0, 0.1) is 0 Å². The fraction of sp³-hybridized carbons (Fsp3) is 0.500. The lowest BCUT2D eigenvalue weighted by atomic mass is 10.3. The van der Waals surface area contributed by atoms with Crippen molar-refractivity contribution in [3.8, 4) is 0 Å². The molecule has 2 rings (SSSR count). The standard InChI is InChI=1S/C14H16ClF4N5O/c1-8(24-11(13(18)19)5-10(22-24)12(16)17)14(25)20-3-2-4-23-7-9(15)6-21-23/h5-8,12-13H,2-4H2,1H3,(H,20,25). The molecule has 0 aliphatic heterocycles. The van der Waals surface area contributed by atoms with Gasteiger partial charge in [0.1, 0.15) is 17.4 Å². The van der Waals surface area contributed by atoms with Gasteiger partial charge in [-0.1, -0.05) is 11.6 Å². The van der Waals surface area contributed by atoms with Crippen LogP contribution >= 0.6 is 11.6 Å². The molecule has 2 aromatic rings. The van der Waals surface area contributed by atoms with Gasteiger partial charge in [0.05, 0.1) is 11.2 Å². The first-order chi connectivity index (χ1) is 11.8. The fourth-order valence-electron chi connectivity index (χ4n) is 2.18. The third-order valence-corrected chi connectivity index (χ3v) is 3.64. The highest BCUT2D eigenvalue weighted by atomic mass is 35.5. The summed E-state index contributed by atoms with van der Waals surface area (Å²) in [5, 5.41) is 10.4. The molecule has 11 heteroatoms. The molecule has 0 spiro atoms. The maximum absolute atomic E-state index is 13.0. The average Bonchev–Trinajstić information content (AvgIpc) is 3.17. The quantitative estimate of drug-likeness (QED) is 0.563. The number of halogens is 5. The summed E-state index contributed by atoms with van der Waals surface area (Å²) in [4.78, 5) is 12.1. The Hall–Kier alpha value is -2.10. The number of rotatable bonds is 8. The van der Waals surface area contributed by atoms with Crippen molar-refractivity contribution in [1.82, 2.24) is 24.9 Å². The zero-order valence-corrected chi connectivity index (χ0v) is 13.9. The van der Waals surface area contributed by atoms with Gasteiger partial charge in [-0.3, -0.25) is 14.2 Å². The zero-order valence-electron chi connectivity index (χ0n) is 13.2. The van der Waals surface area contributed by atoms with Gasteiger partial charge in [-0.2, -0.15) is 10.2 Å². The third kappa shape index (κ3) is 4.94. The van der Waals surface area contributed by atoms with Crippen LogP contribution in [0.4, 0.5) is 17.6 Å². The maximum Gasteiger partial charge on any atom is 0.282 e. The van der Waals surface area contributed by atoms with E-state index in [0.717, 1.165) is 0 Å². The highest BCUT2D eigenvalue weighted by Gasteiger charge is 2.26. The molecule has 0 bridgehead atoms. The minimum Gasteiger partial charge on any atom is -0.354 e. The zero-order chi connectivity index (χ0) is 18.6. The number of nitrogens with one attached hydrogen (secondary N) is 1. The second-order valence-corrected chi connectivity index (χ2v) is 5.72. The SMILES string of the molecule is CC(C(=O)NCCCn1cc(Cl)cn1)n1nc(C(F)F)cc1C(F)F. The molecule has 2 aromatic heterocycles. The summed E-state index contributed by atoms with van der Waals surface area (Å²) in [5.41, 5.74) is -1.50. The van der Waals surface area contributed by atoms with E-state index in [1.54, 1.807) is 10.9 Å². The Morgan fingerprint density at radius 2 is 2.04 bits per heavy atom. The number of hydrogen-bond acceptors (Lipinski definition) is 3. The van der Waals surface area contributed by atoms with Crippen molar-refractivity contribution in [2.45, 2.75) is 38.8 Å². The van der Waals surface area contributed by atoms with Crippen LogP contribution in [0.2, 0.25) is 5.02 Å². The van der Waals surface area contributed by atoms with Crippen LogP contribution in [0.15, 0.2) is 18.5 Å². The van der Waals surface area contributed by atoms with Crippen molar-refractivity contribution in [2.75, 3.05) is 6.54 Å². The molecule has 25 heavy (non-hydrogen) atoms. The molecule has 0 radical (unpaired) electrons. The van der Waals surface area contributed by atoms with Crippen molar-refractivity contribution in [3.05, 3.63) is 34.9 Å². The molecular formula is C14H16ClF4N5O. The Bertz CT molecular complexity index is 718. The van der Waals surface area contributed by atoms with E-state index in [1.165, 1.54) is 13.1 Å². The van der Waals surface area contributed by atoms with Crippen LogP contribution in [0.1, 0.15) is 43.6 Å². The third-order valence-electron chi connectivity index (χ3n) is 3.44. The largest absolute Gasteiger partial charge is 0.354 e. The average molecular weight is 382 g/mol. The normalized spacial score (nSPS) is 12.8. The second-order valence-electron chi connectivity index (χ2n) is 5.28. The van der Waals surface area contributed by atoms with Crippen LogP contribution in [0.25, 0.3) is 0 Å². The number of hydrogen-bond donors (Lipinski definition) is 1. The molecule has 6 nitrogen and oxygen atoms in total. The van der Waals surface area contributed by atoms with Gasteiger partial charge in [0.2, 0.25) is 5.91 Å². The minimum atomic E-state index is -3.01. The molecule has 0 fully saturated rings. The van der Waals surface area contributed by atoms with Crippen molar-refractivity contribution in [3.63, 3.8) is 0 Å². The first kappa shape index (κ1) is 19.2. The number of nitrogens with zero attached hydrogens (tertiary/aromatic N) is 4. The summed E-state index contributed by atoms with van der Waals surface area (Å²) < 4.78 is 53.5. The summed E-state index contributed by atoms with van der Waals surface area (Å²) in [6, 6.07) is -0.531. The lowest BCUT2D eigenvalue weighted by molar-refractivity contribution is -0.124. The maximum atomic E-state index is 13.0. The van der Waals surface area contributed by atoms with E-state index in [9.17, 15) is 22.4 Å². The van der Waals surface area contributed by atoms with E-state index >= 15 is 0 Å². The molecule has 0 aliphatic rings. The Balaban J connectivity index is 1.92. The Kier molecular flexibility index (Phi) is 6.40. The molecule has 1 N–H and O–H groups in total. The first-order valence-corrected chi connectivity index (χ1v) is 7.78. The number of carbonyl (C=O) groups is 1. The molecule has 1 amide bonds. The number of amides is 1. The van der Waals surface area contributed by atoms with Crippen molar-refractivity contribution in [2.24, 2.45) is 0 Å². The van der Waals surface area contributed by atoms with Gasteiger partial charge in [0.15, 0.2) is 0 Å². The fourth-order valence-corrected chi connectivity index (χ4v) is 2.34. The number of alkyl halides is 4. The topological polar surface area (TPSA) is 64.7 Å². The van der Waals surface area contributed by atoms with E-state index in [-0.39, 0.29) is 6.54 Å². The molecule has 2 heterocycles. The van der Waals surface area contributed by atoms with Gasteiger partial charge in [-0.15, -0.1) is 0 Å². The van der Waals surface area contributed by atoms with Crippen LogP contribution < -0.4 is 5.32 Å². The molecule has 0 aromatic carbocycles. The van der Waals surface area contributed by atoms with Crippen molar-refractivity contribution < 1.29 is 22.4 Å². The molecule has 0 saturated carbocycles. The Morgan fingerprint density at radius 3 is 2.60 bits per heavy atom. The van der Waals surface area contributed by atoms with E-state index in [0.29, 0.717) is 28.7 Å². The van der Waals surface area contributed by atoms with Gasteiger partial charge < -0.3 is 5.32 Å². The lowest BCUT2D eigenvalue weighted by Crippen LogP contribution is -2.33. The van der Waals surface area contributed by atoms with E-state index < -0.39 is 36.2 Å². The van der Waals surface area contributed by atoms with Gasteiger partial charge >= 0.3 is 0 Å². The van der Waals surface area contributed by atoms with Crippen LogP contribution in [0.5, 0.6) is 0 Å². The molecule has 138 valence electrons. The summed E-state index contributed by atoms with van der Waals surface area (Å²) in [7, 11) is 0. The summed E-state index contributed by atoms with van der Waals surface area (Å²) in [6.07, 6.45) is -2.38. The van der Waals surface area contributed by atoms with Crippen LogP contribution in [0.3, 0.4) is 0 Å².